The first-order chi connectivity index (χ1) is 12.4. The van der Waals surface area contributed by atoms with E-state index in [4.69, 9.17) is 14.2 Å². The lowest BCUT2D eigenvalue weighted by Gasteiger charge is -2.23. The number of ether oxygens (including phenoxy) is 3. The molecule has 0 N–H and O–H groups in total. The van der Waals surface area contributed by atoms with E-state index in [0.29, 0.717) is 0 Å². The van der Waals surface area contributed by atoms with Crippen LogP contribution < -0.4 is 9.64 Å². The second-order valence-corrected chi connectivity index (χ2v) is 4.93. The Morgan fingerprint density at radius 1 is 1.08 bits per heavy atom. The van der Waals surface area contributed by atoms with Crippen molar-refractivity contribution >= 4 is 23.3 Å². The van der Waals surface area contributed by atoms with Crippen molar-refractivity contribution in [3.05, 3.63) is 64.0 Å². The number of hydrogen-bond donors (Lipinski definition) is 0. The van der Waals surface area contributed by atoms with Gasteiger partial charge in [-0.25, -0.2) is 9.59 Å². The predicted molar refractivity (Wildman–Crippen MR) is 91.5 cm³/mol. The molecule has 9 nitrogen and oxygen atoms in total. The zero-order valence-corrected chi connectivity index (χ0v) is 14.3. The molecule has 0 amide bonds. The number of benzene rings is 1. The summed E-state index contributed by atoms with van der Waals surface area (Å²) in [5.74, 6) is -1.37. The lowest BCUT2D eigenvalue weighted by molar-refractivity contribution is -0.384. The topological polar surface area (TPSA) is 108 Å². The minimum atomic E-state index is -0.855. The minimum Gasteiger partial charge on any atom is -0.496 e. The second-order valence-electron chi connectivity index (χ2n) is 4.93. The van der Waals surface area contributed by atoms with E-state index >= 15 is 0 Å². The van der Waals surface area contributed by atoms with Crippen LogP contribution in [0.25, 0.3) is 0 Å². The Bertz CT molecular complexity index is 840. The highest BCUT2D eigenvalue weighted by Crippen LogP contribution is 2.36. The quantitative estimate of drug-likeness (QED) is 0.446. The van der Waals surface area contributed by atoms with Crippen molar-refractivity contribution in [2.75, 3.05) is 26.2 Å². The lowest BCUT2D eigenvalue weighted by atomic mass is 10.1. The molecule has 1 aliphatic heterocycles. The summed E-state index contributed by atoms with van der Waals surface area (Å²) >= 11 is 0. The Kier molecular flexibility index (Phi) is 5.74. The summed E-state index contributed by atoms with van der Waals surface area (Å²) < 4.78 is 14.5. The Balaban J connectivity index is 2.75. The van der Waals surface area contributed by atoms with Gasteiger partial charge in [0.05, 0.1) is 37.9 Å². The molecule has 1 aromatic carbocycles. The monoisotopic (exact) mass is 360 g/mol. The van der Waals surface area contributed by atoms with Crippen LogP contribution in [0.4, 0.5) is 11.4 Å². The van der Waals surface area contributed by atoms with E-state index in [1.165, 1.54) is 54.6 Å². The standard InChI is InChI=1S/C17H16N2O7/c1-24-11-7-8-13(14(10-11)19(22)23)18-9-5-4-6-12(16(20)25-2)15(18)17(21)26-3/h4-10H,1-3H3. The molecule has 0 saturated heterocycles. The van der Waals surface area contributed by atoms with E-state index in [2.05, 4.69) is 0 Å². The van der Waals surface area contributed by atoms with Crippen molar-refractivity contribution < 1.29 is 28.7 Å². The summed E-state index contributed by atoms with van der Waals surface area (Å²) in [6.45, 7) is 0. The van der Waals surface area contributed by atoms with Crippen LogP contribution >= 0.6 is 0 Å². The van der Waals surface area contributed by atoms with Gasteiger partial charge in [0.15, 0.2) is 0 Å². The fourth-order valence-electron chi connectivity index (χ4n) is 2.33. The summed E-state index contributed by atoms with van der Waals surface area (Å²) in [6.07, 6.45) is 5.80. The van der Waals surface area contributed by atoms with Crippen molar-refractivity contribution in [2.24, 2.45) is 0 Å². The number of hydrogen-bond acceptors (Lipinski definition) is 8. The van der Waals surface area contributed by atoms with Gasteiger partial charge >= 0.3 is 11.9 Å². The predicted octanol–water partition coefficient (Wildman–Crippen LogP) is 2.09. The molecule has 26 heavy (non-hydrogen) atoms. The van der Waals surface area contributed by atoms with Crippen LogP contribution in [0.2, 0.25) is 0 Å². The molecule has 0 unspecified atom stereocenters. The highest BCUT2D eigenvalue weighted by atomic mass is 16.6. The first-order valence-corrected chi connectivity index (χ1v) is 7.32. The van der Waals surface area contributed by atoms with Gasteiger partial charge in [-0.1, -0.05) is 6.08 Å². The molecule has 0 fully saturated rings. The zero-order valence-electron chi connectivity index (χ0n) is 14.3. The molecule has 0 radical (unpaired) electrons. The third-order valence-corrected chi connectivity index (χ3v) is 3.53. The van der Waals surface area contributed by atoms with Crippen LogP contribution in [0.15, 0.2) is 53.9 Å². The molecular weight excluding hydrogens is 344 g/mol. The van der Waals surface area contributed by atoms with Gasteiger partial charge < -0.3 is 19.1 Å². The fraction of sp³-hybridized carbons (Fsp3) is 0.176. The SMILES string of the molecule is COC(=O)C1=C(C(=O)OC)N(c2ccc(OC)cc2[N+](=O)[O-])C=CC=C1. The van der Waals surface area contributed by atoms with Gasteiger partial charge in [-0.2, -0.15) is 0 Å². The Morgan fingerprint density at radius 3 is 2.35 bits per heavy atom. The Labute approximate surface area is 148 Å². The van der Waals surface area contributed by atoms with Crippen LogP contribution in [0.3, 0.4) is 0 Å². The first-order valence-electron chi connectivity index (χ1n) is 7.32. The molecule has 1 aromatic rings. The lowest BCUT2D eigenvalue weighted by Crippen LogP contribution is -2.27. The van der Waals surface area contributed by atoms with Crippen LogP contribution in [-0.2, 0) is 19.1 Å². The van der Waals surface area contributed by atoms with Crippen LogP contribution in [-0.4, -0.2) is 38.2 Å². The average molecular weight is 360 g/mol. The third-order valence-electron chi connectivity index (χ3n) is 3.53. The van der Waals surface area contributed by atoms with Crippen LogP contribution in [0.1, 0.15) is 0 Å². The first kappa shape index (κ1) is 18.7. The largest absolute Gasteiger partial charge is 0.496 e. The molecule has 0 aromatic heterocycles. The molecule has 9 heteroatoms. The van der Waals surface area contributed by atoms with Gasteiger partial charge in [0.1, 0.15) is 17.1 Å². The summed E-state index contributed by atoms with van der Waals surface area (Å²) in [7, 11) is 3.68. The van der Waals surface area contributed by atoms with E-state index in [-0.39, 0.29) is 28.4 Å². The Hall–Kier alpha value is -3.62. The van der Waals surface area contributed by atoms with Crippen molar-refractivity contribution in [3.8, 4) is 5.75 Å². The van der Waals surface area contributed by atoms with Gasteiger partial charge in [0.2, 0.25) is 0 Å². The number of rotatable bonds is 5. The number of anilines is 1. The molecule has 1 heterocycles. The molecule has 0 aliphatic carbocycles. The normalized spacial score (nSPS) is 13.3. The maximum absolute atomic E-state index is 12.3. The maximum atomic E-state index is 12.3. The molecule has 136 valence electrons. The number of methoxy groups -OCH3 is 3. The van der Waals surface area contributed by atoms with E-state index < -0.39 is 16.9 Å². The van der Waals surface area contributed by atoms with E-state index in [1.54, 1.807) is 0 Å². The smallest absolute Gasteiger partial charge is 0.355 e. The summed E-state index contributed by atoms with van der Waals surface area (Å²) in [5, 5.41) is 11.5. The van der Waals surface area contributed by atoms with Crippen LogP contribution in [0, 0.1) is 10.1 Å². The van der Waals surface area contributed by atoms with Crippen molar-refractivity contribution in [1.29, 1.82) is 0 Å². The Morgan fingerprint density at radius 2 is 1.77 bits per heavy atom. The second kappa shape index (κ2) is 7.97. The van der Waals surface area contributed by atoms with E-state index in [9.17, 15) is 19.7 Å². The number of nitro benzene ring substituents is 1. The third kappa shape index (κ3) is 3.56. The minimum absolute atomic E-state index is 0.0533. The number of carbonyl (C=O) groups is 2. The highest BCUT2D eigenvalue weighted by molar-refractivity contribution is 6.05. The molecule has 0 atom stereocenters. The highest BCUT2D eigenvalue weighted by Gasteiger charge is 2.31. The molecule has 1 aliphatic rings. The summed E-state index contributed by atoms with van der Waals surface area (Å²) in [4.78, 5) is 36.5. The van der Waals surface area contributed by atoms with Crippen molar-refractivity contribution in [3.63, 3.8) is 0 Å². The van der Waals surface area contributed by atoms with Crippen molar-refractivity contribution in [2.45, 2.75) is 0 Å². The summed E-state index contributed by atoms with van der Waals surface area (Å²) in [5.41, 5.74) is -0.578. The number of carbonyl (C=O) groups excluding carboxylic acids is 2. The van der Waals surface area contributed by atoms with Gasteiger partial charge in [-0.15, -0.1) is 0 Å². The number of allylic oxidation sites excluding steroid dienone is 2. The van der Waals surface area contributed by atoms with E-state index in [1.807, 2.05) is 0 Å². The fourth-order valence-corrected chi connectivity index (χ4v) is 2.33. The molecule has 2 rings (SSSR count). The number of esters is 2. The van der Waals surface area contributed by atoms with Gasteiger partial charge in [0.25, 0.3) is 5.69 Å². The van der Waals surface area contributed by atoms with Crippen LogP contribution in [0.5, 0.6) is 5.75 Å². The van der Waals surface area contributed by atoms with Gasteiger partial charge in [0, 0.05) is 6.20 Å². The summed E-state index contributed by atoms with van der Waals surface area (Å²) in [6, 6.07) is 4.12. The van der Waals surface area contributed by atoms with E-state index in [0.717, 1.165) is 14.2 Å². The number of nitrogens with zero attached hydrogens (tertiary/aromatic N) is 2. The molecule has 0 saturated carbocycles. The molecule has 0 spiro atoms. The average Bonchev–Trinajstić information content (AvgIpc) is 2.88. The molecular formula is C17H16N2O7. The molecule has 0 bridgehead atoms. The zero-order chi connectivity index (χ0) is 19.3. The van der Waals surface area contributed by atoms with Crippen molar-refractivity contribution in [1.82, 2.24) is 0 Å². The maximum Gasteiger partial charge on any atom is 0.355 e. The van der Waals surface area contributed by atoms with Gasteiger partial charge in [-0.05, 0) is 24.3 Å². The number of nitro groups is 1. The van der Waals surface area contributed by atoms with Gasteiger partial charge in [-0.3, -0.25) is 10.1 Å².